The third-order valence-electron chi connectivity index (χ3n) is 4.98. The summed E-state index contributed by atoms with van der Waals surface area (Å²) < 4.78 is 33.5. The highest BCUT2D eigenvalue weighted by atomic mass is 32.2. The van der Waals surface area contributed by atoms with E-state index in [1.165, 1.54) is 0 Å². The van der Waals surface area contributed by atoms with Crippen LogP contribution in [0.1, 0.15) is 11.5 Å². The van der Waals surface area contributed by atoms with Crippen molar-refractivity contribution in [3.05, 3.63) is 72.1 Å². The molecule has 1 aliphatic rings. The predicted octanol–water partition coefficient (Wildman–Crippen LogP) is 3.16. The number of aryl methyl sites for hydroxylation is 1. The van der Waals surface area contributed by atoms with E-state index in [1.54, 1.807) is 16.4 Å². The molecule has 0 radical (unpaired) electrons. The van der Waals surface area contributed by atoms with E-state index in [2.05, 4.69) is 10.1 Å². The molecular formula is C21H23N3O3S. The molecule has 1 saturated heterocycles. The van der Waals surface area contributed by atoms with Crippen LogP contribution in [-0.4, -0.2) is 49.0 Å². The topological polar surface area (TPSA) is 66.7 Å². The molecular weight excluding hydrogens is 374 g/mol. The lowest BCUT2D eigenvalue weighted by Gasteiger charge is -2.33. The second-order valence-electron chi connectivity index (χ2n) is 6.98. The first kappa shape index (κ1) is 18.9. The van der Waals surface area contributed by atoms with Crippen molar-refractivity contribution in [2.75, 3.05) is 26.2 Å². The molecule has 2 aromatic carbocycles. The van der Waals surface area contributed by atoms with Crippen molar-refractivity contribution in [3.8, 4) is 11.1 Å². The van der Waals surface area contributed by atoms with Crippen molar-refractivity contribution in [2.24, 2.45) is 0 Å². The van der Waals surface area contributed by atoms with Gasteiger partial charge >= 0.3 is 0 Å². The minimum atomic E-state index is -3.56. The van der Waals surface area contributed by atoms with Crippen molar-refractivity contribution in [1.82, 2.24) is 14.4 Å². The highest BCUT2D eigenvalue weighted by molar-refractivity contribution is 7.89. The maximum absolute atomic E-state index is 13.3. The van der Waals surface area contributed by atoms with E-state index < -0.39 is 10.0 Å². The molecule has 1 aromatic heterocycles. The maximum Gasteiger partial charge on any atom is 0.243 e. The Bertz CT molecular complexity index is 1040. The first-order chi connectivity index (χ1) is 13.5. The molecule has 0 atom stereocenters. The number of piperazine rings is 1. The van der Waals surface area contributed by atoms with Crippen LogP contribution < -0.4 is 0 Å². The van der Waals surface area contributed by atoms with Crippen LogP contribution in [0.4, 0.5) is 0 Å². The van der Waals surface area contributed by atoms with Crippen LogP contribution in [-0.2, 0) is 16.6 Å². The molecule has 1 aliphatic heterocycles. The average Bonchev–Trinajstić information content (AvgIpc) is 3.13. The summed E-state index contributed by atoms with van der Waals surface area (Å²) >= 11 is 0. The zero-order valence-electron chi connectivity index (χ0n) is 15.8. The van der Waals surface area contributed by atoms with E-state index in [0.29, 0.717) is 37.6 Å². The van der Waals surface area contributed by atoms with Gasteiger partial charge in [-0.3, -0.25) is 4.90 Å². The Morgan fingerprint density at radius 2 is 1.64 bits per heavy atom. The minimum absolute atomic E-state index is 0.362. The smallest absolute Gasteiger partial charge is 0.243 e. The molecule has 1 fully saturated rings. The van der Waals surface area contributed by atoms with Gasteiger partial charge < -0.3 is 4.52 Å². The largest absolute Gasteiger partial charge is 0.360 e. The Hall–Kier alpha value is -2.48. The van der Waals surface area contributed by atoms with E-state index >= 15 is 0 Å². The van der Waals surface area contributed by atoms with Crippen LogP contribution in [0.5, 0.6) is 0 Å². The third kappa shape index (κ3) is 3.87. The standard InChI is InChI=1S/C21H23N3O3S/c1-17-15-19(27-22-17)16-23-11-13-24(14-12-23)28(25,26)21-10-6-5-9-20(21)18-7-3-2-4-8-18/h2-10,15H,11-14,16H2,1H3. The van der Waals surface area contributed by atoms with Crippen LogP contribution in [0.25, 0.3) is 11.1 Å². The number of hydrogen-bond donors (Lipinski definition) is 0. The SMILES string of the molecule is Cc1cc(CN2CCN(S(=O)(=O)c3ccccc3-c3ccccc3)CC2)on1. The van der Waals surface area contributed by atoms with E-state index in [1.807, 2.05) is 55.5 Å². The lowest BCUT2D eigenvalue weighted by Crippen LogP contribution is -2.48. The minimum Gasteiger partial charge on any atom is -0.360 e. The van der Waals surface area contributed by atoms with Gasteiger partial charge in [0.05, 0.1) is 17.1 Å². The molecule has 0 aliphatic carbocycles. The Morgan fingerprint density at radius 3 is 2.32 bits per heavy atom. The van der Waals surface area contributed by atoms with E-state index in [9.17, 15) is 8.42 Å². The fourth-order valence-electron chi connectivity index (χ4n) is 3.53. The number of sulfonamides is 1. The maximum atomic E-state index is 13.3. The summed E-state index contributed by atoms with van der Waals surface area (Å²) in [5.41, 5.74) is 2.50. The first-order valence-electron chi connectivity index (χ1n) is 9.33. The van der Waals surface area contributed by atoms with Gasteiger partial charge in [-0.05, 0) is 18.6 Å². The Labute approximate surface area is 165 Å². The van der Waals surface area contributed by atoms with Gasteiger partial charge in [-0.15, -0.1) is 0 Å². The average molecular weight is 398 g/mol. The van der Waals surface area contributed by atoms with Gasteiger partial charge in [0.15, 0.2) is 5.76 Å². The highest BCUT2D eigenvalue weighted by Gasteiger charge is 2.30. The number of rotatable bonds is 5. The van der Waals surface area contributed by atoms with E-state index in [0.717, 1.165) is 22.6 Å². The fraction of sp³-hybridized carbons (Fsp3) is 0.286. The molecule has 0 unspecified atom stereocenters. The zero-order valence-corrected chi connectivity index (χ0v) is 16.6. The van der Waals surface area contributed by atoms with Gasteiger partial charge in [0.25, 0.3) is 0 Å². The van der Waals surface area contributed by atoms with E-state index in [-0.39, 0.29) is 0 Å². The molecule has 7 heteroatoms. The molecule has 0 N–H and O–H groups in total. The predicted molar refractivity (Wildman–Crippen MR) is 107 cm³/mol. The lowest BCUT2D eigenvalue weighted by molar-refractivity contribution is 0.166. The number of benzene rings is 2. The fourth-order valence-corrected chi connectivity index (χ4v) is 5.16. The molecule has 6 nitrogen and oxygen atoms in total. The van der Waals surface area contributed by atoms with Crippen LogP contribution in [0, 0.1) is 6.92 Å². The number of nitrogens with zero attached hydrogens (tertiary/aromatic N) is 3. The Morgan fingerprint density at radius 1 is 0.964 bits per heavy atom. The van der Waals surface area contributed by atoms with Crippen LogP contribution in [0.3, 0.4) is 0 Å². The van der Waals surface area contributed by atoms with Gasteiger partial charge in [0.1, 0.15) is 0 Å². The first-order valence-corrected chi connectivity index (χ1v) is 10.8. The van der Waals surface area contributed by atoms with Crippen LogP contribution in [0.15, 0.2) is 70.1 Å². The van der Waals surface area contributed by atoms with Gasteiger partial charge in [-0.1, -0.05) is 53.7 Å². The second-order valence-corrected chi connectivity index (χ2v) is 8.88. The summed E-state index contributed by atoms with van der Waals surface area (Å²) in [6.45, 7) is 4.77. The van der Waals surface area contributed by atoms with Gasteiger partial charge in [0.2, 0.25) is 10.0 Å². The second kappa shape index (κ2) is 7.87. The molecule has 0 amide bonds. The van der Waals surface area contributed by atoms with Crippen molar-refractivity contribution in [1.29, 1.82) is 0 Å². The van der Waals surface area contributed by atoms with Crippen LogP contribution >= 0.6 is 0 Å². The molecule has 0 saturated carbocycles. The lowest BCUT2D eigenvalue weighted by atomic mass is 10.1. The molecule has 0 spiro atoms. The molecule has 0 bridgehead atoms. The summed E-state index contributed by atoms with van der Waals surface area (Å²) in [4.78, 5) is 2.55. The molecule has 28 heavy (non-hydrogen) atoms. The Kier molecular flexibility index (Phi) is 5.30. The monoisotopic (exact) mass is 397 g/mol. The third-order valence-corrected chi connectivity index (χ3v) is 6.93. The number of hydrogen-bond acceptors (Lipinski definition) is 5. The van der Waals surface area contributed by atoms with E-state index in [4.69, 9.17) is 4.52 Å². The quantitative estimate of drug-likeness (QED) is 0.662. The van der Waals surface area contributed by atoms with Crippen molar-refractivity contribution >= 4 is 10.0 Å². The Balaban J connectivity index is 1.51. The summed E-state index contributed by atoms with van der Waals surface area (Å²) in [7, 11) is -3.56. The molecule has 4 rings (SSSR count). The van der Waals surface area contributed by atoms with Gasteiger partial charge in [-0.25, -0.2) is 8.42 Å². The molecule has 3 aromatic rings. The van der Waals surface area contributed by atoms with Gasteiger partial charge in [0, 0.05) is 37.8 Å². The normalized spacial score (nSPS) is 16.3. The summed E-state index contributed by atoms with van der Waals surface area (Å²) in [6.07, 6.45) is 0. The van der Waals surface area contributed by atoms with Crippen molar-refractivity contribution < 1.29 is 12.9 Å². The highest BCUT2D eigenvalue weighted by Crippen LogP contribution is 2.29. The van der Waals surface area contributed by atoms with Gasteiger partial charge in [-0.2, -0.15) is 4.31 Å². The summed E-state index contributed by atoms with van der Waals surface area (Å²) in [6, 6.07) is 18.8. The zero-order chi connectivity index (χ0) is 19.6. The van der Waals surface area contributed by atoms with Crippen LogP contribution in [0.2, 0.25) is 0 Å². The molecule has 2 heterocycles. The molecule has 146 valence electrons. The van der Waals surface area contributed by atoms with Crippen molar-refractivity contribution in [2.45, 2.75) is 18.4 Å². The number of aromatic nitrogens is 1. The summed E-state index contributed by atoms with van der Waals surface area (Å²) in [5.74, 6) is 0.809. The van der Waals surface area contributed by atoms with Crippen molar-refractivity contribution in [3.63, 3.8) is 0 Å². The summed E-state index contributed by atoms with van der Waals surface area (Å²) in [5, 5.41) is 3.91.